The molecule has 1 aromatic heterocycles. The molecule has 0 bridgehead atoms. The van der Waals surface area contributed by atoms with E-state index in [0.29, 0.717) is 26.6 Å². The number of esters is 1. The molecule has 0 radical (unpaired) electrons. The van der Waals surface area contributed by atoms with Gasteiger partial charge in [-0.25, -0.2) is 22.9 Å². The van der Waals surface area contributed by atoms with Gasteiger partial charge < -0.3 is 15.2 Å². The summed E-state index contributed by atoms with van der Waals surface area (Å²) in [6, 6.07) is 3.16. The minimum absolute atomic E-state index is 0.0264. The van der Waals surface area contributed by atoms with E-state index in [1.807, 2.05) is 0 Å². The van der Waals surface area contributed by atoms with Crippen LogP contribution in [0.5, 0.6) is 0 Å². The maximum atomic E-state index is 14.2. The summed E-state index contributed by atoms with van der Waals surface area (Å²) in [5, 5.41) is 15.1. The zero-order valence-electron chi connectivity index (χ0n) is 18.1. The van der Waals surface area contributed by atoms with Crippen molar-refractivity contribution in [2.24, 2.45) is 4.99 Å². The second-order valence-electron chi connectivity index (χ2n) is 7.84. The van der Waals surface area contributed by atoms with Crippen molar-refractivity contribution in [3.8, 4) is 0 Å². The van der Waals surface area contributed by atoms with Gasteiger partial charge in [0.25, 0.3) is 0 Å². The van der Waals surface area contributed by atoms with Crippen LogP contribution in [0, 0.1) is 5.82 Å². The summed E-state index contributed by atoms with van der Waals surface area (Å²) in [6.07, 6.45) is -3.63. The summed E-state index contributed by atoms with van der Waals surface area (Å²) in [4.78, 5) is 23.5. The summed E-state index contributed by atoms with van der Waals surface area (Å²) >= 11 is 4.67. The SMILES string of the molecule is CCOC(=O)C1=C(CN2CC(F)C(O)C(F)C2)NC(c2nccs2)=N[C@H]1c1ccc(F)cc1Br. The lowest BCUT2D eigenvalue weighted by Crippen LogP contribution is -2.53. The van der Waals surface area contributed by atoms with Gasteiger partial charge in [0.2, 0.25) is 0 Å². The van der Waals surface area contributed by atoms with Crippen molar-refractivity contribution in [3.63, 3.8) is 0 Å². The van der Waals surface area contributed by atoms with Crippen LogP contribution in [0.25, 0.3) is 0 Å². The fourth-order valence-corrected chi connectivity index (χ4v) is 5.09. The topological polar surface area (TPSA) is 87.0 Å². The fraction of sp³-hybridized carbons (Fsp3) is 0.409. The second-order valence-corrected chi connectivity index (χ2v) is 9.59. The molecule has 7 nitrogen and oxygen atoms in total. The van der Waals surface area contributed by atoms with Crippen LogP contribution in [0.3, 0.4) is 0 Å². The number of rotatable bonds is 6. The Balaban J connectivity index is 1.80. The highest BCUT2D eigenvalue weighted by molar-refractivity contribution is 9.10. The van der Waals surface area contributed by atoms with Crippen LogP contribution in [0.1, 0.15) is 23.5 Å². The highest BCUT2D eigenvalue weighted by Crippen LogP contribution is 2.37. The molecule has 12 heteroatoms. The lowest BCUT2D eigenvalue weighted by Gasteiger charge is -2.36. The van der Waals surface area contributed by atoms with Crippen LogP contribution < -0.4 is 5.32 Å². The number of aromatic nitrogens is 1. The maximum Gasteiger partial charge on any atom is 0.338 e. The molecule has 2 aromatic rings. The molecule has 2 N–H and O–H groups in total. The van der Waals surface area contributed by atoms with E-state index < -0.39 is 36.3 Å². The zero-order valence-corrected chi connectivity index (χ0v) is 20.5. The number of hydrogen-bond donors (Lipinski definition) is 2. The average molecular weight is 559 g/mol. The van der Waals surface area contributed by atoms with Gasteiger partial charge >= 0.3 is 5.97 Å². The molecule has 3 heterocycles. The van der Waals surface area contributed by atoms with Crippen LogP contribution in [0.15, 0.2) is 50.5 Å². The van der Waals surface area contributed by atoms with Gasteiger partial charge in [0.15, 0.2) is 10.8 Å². The summed E-state index contributed by atoms with van der Waals surface area (Å²) in [5.41, 5.74) is 1.00. The molecule has 182 valence electrons. The molecule has 2 aliphatic rings. The number of hydrogen-bond acceptors (Lipinski definition) is 8. The van der Waals surface area contributed by atoms with E-state index in [2.05, 4.69) is 26.2 Å². The number of ether oxygens (including phenoxy) is 1. The van der Waals surface area contributed by atoms with Gasteiger partial charge in [0.1, 0.15) is 30.3 Å². The molecule has 2 unspecified atom stereocenters. The number of halogens is 4. The van der Waals surface area contributed by atoms with Gasteiger partial charge in [-0.05, 0) is 24.6 Å². The molecule has 1 fully saturated rings. The first-order chi connectivity index (χ1) is 16.3. The third kappa shape index (κ3) is 5.19. The third-order valence-corrected chi connectivity index (χ3v) is 6.97. The Labute approximate surface area is 206 Å². The van der Waals surface area contributed by atoms with Crippen LogP contribution in [-0.2, 0) is 9.53 Å². The quantitative estimate of drug-likeness (QED) is 0.529. The lowest BCUT2D eigenvalue weighted by molar-refractivity contribution is -0.139. The Bertz CT molecular complexity index is 1100. The van der Waals surface area contributed by atoms with Crippen molar-refractivity contribution >= 4 is 39.1 Å². The summed E-state index contributed by atoms with van der Waals surface area (Å²) < 4.78 is 47.9. The minimum Gasteiger partial charge on any atom is -0.463 e. The number of benzene rings is 1. The Morgan fingerprint density at radius 1 is 1.35 bits per heavy atom. The number of thiazole rings is 1. The van der Waals surface area contributed by atoms with Crippen molar-refractivity contribution in [1.29, 1.82) is 0 Å². The summed E-state index contributed by atoms with van der Waals surface area (Å²) in [6.45, 7) is 1.32. The van der Waals surface area contributed by atoms with Gasteiger partial charge in [-0.1, -0.05) is 22.0 Å². The molecule has 1 saturated heterocycles. The van der Waals surface area contributed by atoms with E-state index in [1.165, 1.54) is 34.4 Å². The molecule has 2 aliphatic heterocycles. The van der Waals surface area contributed by atoms with Crippen LogP contribution >= 0.6 is 27.3 Å². The fourth-order valence-electron chi connectivity index (χ4n) is 3.93. The second kappa shape index (κ2) is 10.5. The number of nitrogens with zero attached hydrogens (tertiary/aromatic N) is 3. The predicted molar refractivity (Wildman–Crippen MR) is 125 cm³/mol. The normalized spacial score (nSPS) is 25.6. The van der Waals surface area contributed by atoms with Gasteiger partial charge in [-0.2, -0.15) is 0 Å². The largest absolute Gasteiger partial charge is 0.463 e. The van der Waals surface area contributed by atoms with Crippen LogP contribution in [-0.4, -0.2) is 71.5 Å². The van der Waals surface area contributed by atoms with E-state index in [-0.39, 0.29) is 31.8 Å². The number of alkyl halides is 2. The van der Waals surface area contributed by atoms with Crippen molar-refractivity contribution in [1.82, 2.24) is 15.2 Å². The standard InChI is InChI=1S/C22H22BrF3N4O3S/c1-2-33-22(32)17-16(10-30-8-14(25)19(31)15(26)9-30)28-20(21-27-5-6-34-21)29-18(17)12-4-3-11(24)7-13(12)23/h3-7,14-15,18-19,31H,2,8-10H2,1H3,(H,28,29)/t14?,15?,18-,19?/m0/s1. The van der Waals surface area contributed by atoms with E-state index in [4.69, 9.17) is 9.73 Å². The summed E-state index contributed by atoms with van der Waals surface area (Å²) in [7, 11) is 0. The first-order valence-corrected chi connectivity index (χ1v) is 12.2. The number of carbonyl (C=O) groups excluding carboxylic acids is 1. The highest BCUT2D eigenvalue weighted by atomic mass is 79.9. The van der Waals surface area contributed by atoms with Crippen LogP contribution in [0.2, 0.25) is 0 Å². The number of aliphatic hydroxyl groups excluding tert-OH is 1. The number of piperidine rings is 1. The van der Waals surface area contributed by atoms with E-state index in [0.717, 1.165) is 0 Å². The van der Waals surface area contributed by atoms with Crippen LogP contribution in [0.4, 0.5) is 13.2 Å². The Morgan fingerprint density at radius 2 is 2.09 bits per heavy atom. The van der Waals surface area contributed by atoms with Crippen molar-refractivity contribution in [3.05, 3.63) is 61.9 Å². The molecule has 1 aromatic carbocycles. The monoisotopic (exact) mass is 558 g/mol. The first kappa shape index (κ1) is 24.8. The smallest absolute Gasteiger partial charge is 0.338 e. The van der Waals surface area contributed by atoms with Crippen molar-refractivity contribution < 1.29 is 27.8 Å². The number of aliphatic imine (C=N–C) groups is 1. The van der Waals surface area contributed by atoms with Gasteiger partial charge in [-0.15, -0.1) is 11.3 Å². The predicted octanol–water partition coefficient (Wildman–Crippen LogP) is 3.31. The van der Waals surface area contributed by atoms with E-state index >= 15 is 0 Å². The Morgan fingerprint density at radius 3 is 2.71 bits per heavy atom. The minimum atomic E-state index is -1.77. The lowest BCUT2D eigenvalue weighted by atomic mass is 9.94. The maximum absolute atomic E-state index is 14.2. The molecular weight excluding hydrogens is 537 g/mol. The molecule has 0 spiro atoms. The number of amidine groups is 1. The van der Waals surface area contributed by atoms with Gasteiger partial charge in [0, 0.05) is 41.4 Å². The Hall–Kier alpha value is -2.28. The molecule has 0 saturated carbocycles. The number of nitrogens with one attached hydrogen (secondary N) is 1. The number of aliphatic hydroxyl groups is 1. The Kier molecular flexibility index (Phi) is 7.70. The van der Waals surface area contributed by atoms with Crippen molar-refractivity contribution in [2.45, 2.75) is 31.4 Å². The molecule has 0 aliphatic carbocycles. The number of carbonyl (C=O) groups is 1. The van der Waals surface area contributed by atoms with E-state index in [1.54, 1.807) is 18.5 Å². The zero-order chi connectivity index (χ0) is 24.4. The van der Waals surface area contributed by atoms with Crippen molar-refractivity contribution in [2.75, 3.05) is 26.2 Å². The molecule has 0 amide bonds. The van der Waals surface area contributed by atoms with Gasteiger partial charge in [-0.3, -0.25) is 9.89 Å². The molecule has 3 atom stereocenters. The number of likely N-dealkylation sites (tertiary alicyclic amines) is 1. The third-order valence-electron chi connectivity index (χ3n) is 5.50. The van der Waals surface area contributed by atoms with E-state index in [9.17, 15) is 23.1 Å². The first-order valence-electron chi connectivity index (χ1n) is 10.6. The average Bonchev–Trinajstić information content (AvgIpc) is 3.32. The molecule has 34 heavy (non-hydrogen) atoms. The highest BCUT2D eigenvalue weighted by Gasteiger charge is 2.39. The molecule has 4 rings (SSSR count). The summed E-state index contributed by atoms with van der Waals surface area (Å²) in [5.74, 6) is -0.755. The molecular formula is C22H22BrF3N4O3S. The van der Waals surface area contributed by atoms with Gasteiger partial charge in [0.05, 0.1) is 12.2 Å².